The number of carbonyl (C=O) groups is 1. The zero-order chi connectivity index (χ0) is 22.8. The average Bonchev–Trinajstić information content (AvgIpc) is 3.50. The summed E-state index contributed by atoms with van der Waals surface area (Å²) < 4.78 is 24.6. The summed E-state index contributed by atoms with van der Waals surface area (Å²) in [6.07, 6.45) is 0. The van der Waals surface area contributed by atoms with E-state index in [0.29, 0.717) is 44.4 Å². The van der Waals surface area contributed by atoms with Crippen LogP contribution in [0.1, 0.15) is 21.9 Å². The van der Waals surface area contributed by atoms with Gasteiger partial charge in [0, 0.05) is 37.8 Å². The molecule has 1 aliphatic rings. The Morgan fingerprint density at radius 2 is 1.76 bits per heavy atom. The van der Waals surface area contributed by atoms with E-state index in [2.05, 4.69) is 20.2 Å². The molecule has 8 nitrogen and oxygen atoms in total. The largest absolute Gasteiger partial charge is 0.355 e. The van der Waals surface area contributed by atoms with Crippen molar-refractivity contribution in [3.05, 3.63) is 77.6 Å². The highest BCUT2D eigenvalue weighted by atomic mass is 19.1. The number of nitrogens with zero attached hydrogens (tertiary/aromatic N) is 5. The molecule has 0 saturated carbocycles. The predicted octanol–water partition coefficient (Wildman–Crippen LogP) is 3.80. The van der Waals surface area contributed by atoms with Crippen molar-refractivity contribution in [2.24, 2.45) is 0 Å². The number of aryl methyl sites for hydroxylation is 1. The van der Waals surface area contributed by atoms with Gasteiger partial charge in [0.05, 0.1) is 12.1 Å². The molecule has 1 aliphatic heterocycles. The van der Waals surface area contributed by atoms with Crippen LogP contribution >= 0.6 is 0 Å². The Morgan fingerprint density at radius 1 is 1.00 bits per heavy atom. The molecule has 3 heterocycles. The SMILES string of the molecule is Cc1ccc(-c2noc(CN3CCN(C(=O)c4cc(-c5ccccc5F)on4)CC3)n2)cc1. The first kappa shape index (κ1) is 21.0. The van der Waals surface area contributed by atoms with E-state index in [-0.39, 0.29) is 22.9 Å². The molecule has 2 aromatic heterocycles. The predicted molar refractivity (Wildman–Crippen MR) is 118 cm³/mol. The summed E-state index contributed by atoms with van der Waals surface area (Å²) in [7, 11) is 0. The second-order valence-electron chi connectivity index (χ2n) is 8.00. The summed E-state index contributed by atoms with van der Waals surface area (Å²) in [6.45, 7) is 4.92. The monoisotopic (exact) mass is 447 g/mol. The number of hydrogen-bond donors (Lipinski definition) is 0. The Morgan fingerprint density at radius 3 is 2.52 bits per heavy atom. The molecule has 168 valence electrons. The minimum absolute atomic E-state index is 0.168. The van der Waals surface area contributed by atoms with Crippen molar-refractivity contribution in [3.8, 4) is 22.7 Å². The maximum atomic E-state index is 14.0. The van der Waals surface area contributed by atoms with Gasteiger partial charge >= 0.3 is 0 Å². The second kappa shape index (κ2) is 8.95. The average molecular weight is 447 g/mol. The highest BCUT2D eigenvalue weighted by Crippen LogP contribution is 2.24. The quantitative estimate of drug-likeness (QED) is 0.460. The summed E-state index contributed by atoms with van der Waals surface area (Å²) in [4.78, 5) is 21.2. The van der Waals surface area contributed by atoms with E-state index in [0.717, 1.165) is 5.56 Å². The summed E-state index contributed by atoms with van der Waals surface area (Å²) in [5.41, 5.74) is 2.53. The van der Waals surface area contributed by atoms with Gasteiger partial charge < -0.3 is 13.9 Å². The number of carbonyl (C=O) groups excluding carboxylic acids is 1. The van der Waals surface area contributed by atoms with Gasteiger partial charge in [-0.25, -0.2) is 4.39 Å². The minimum atomic E-state index is -0.423. The molecule has 2 aromatic carbocycles. The molecule has 5 rings (SSSR count). The molecule has 1 amide bonds. The van der Waals surface area contributed by atoms with Gasteiger partial charge in [-0.05, 0) is 19.1 Å². The Balaban J connectivity index is 1.17. The Kier molecular flexibility index (Phi) is 5.70. The molecule has 33 heavy (non-hydrogen) atoms. The van der Waals surface area contributed by atoms with Gasteiger partial charge in [-0.15, -0.1) is 0 Å². The van der Waals surface area contributed by atoms with Crippen LogP contribution in [0.2, 0.25) is 0 Å². The lowest BCUT2D eigenvalue weighted by Crippen LogP contribution is -2.48. The van der Waals surface area contributed by atoms with Crippen LogP contribution in [0.5, 0.6) is 0 Å². The van der Waals surface area contributed by atoms with E-state index >= 15 is 0 Å². The fraction of sp³-hybridized carbons (Fsp3) is 0.250. The molecule has 0 spiro atoms. The molecule has 4 aromatic rings. The van der Waals surface area contributed by atoms with Crippen molar-refractivity contribution < 1.29 is 18.2 Å². The number of piperazine rings is 1. The van der Waals surface area contributed by atoms with E-state index in [1.54, 1.807) is 23.1 Å². The zero-order valence-electron chi connectivity index (χ0n) is 18.1. The highest BCUT2D eigenvalue weighted by Gasteiger charge is 2.26. The fourth-order valence-electron chi connectivity index (χ4n) is 3.77. The molecular formula is C24H22FN5O3. The normalized spacial score (nSPS) is 14.5. The third kappa shape index (κ3) is 4.54. The van der Waals surface area contributed by atoms with Gasteiger partial charge in [-0.2, -0.15) is 4.98 Å². The van der Waals surface area contributed by atoms with Crippen molar-refractivity contribution >= 4 is 5.91 Å². The zero-order valence-corrected chi connectivity index (χ0v) is 18.1. The van der Waals surface area contributed by atoms with Gasteiger partial charge in [0.2, 0.25) is 11.7 Å². The van der Waals surface area contributed by atoms with Crippen LogP contribution in [0, 0.1) is 12.7 Å². The first-order valence-electron chi connectivity index (χ1n) is 10.7. The first-order valence-corrected chi connectivity index (χ1v) is 10.7. The van der Waals surface area contributed by atoms with Crippen LogP contribution in [0.3, 0.4) is 0 Å². The van der Waals surface area contributed by atoms with E-state index in [1.807, 2.05) is 31.2 Å². The van der Waals surface area contributed by atoms with Crippen molar-refractivity contribution in [2.75, 3.05) is 26.2 Å². The number of amides is 1. The van der Waals surface area contributed by atoms with Gasteiger partial charge in [0.25, 0.3) is 5.91 Å². The standard InChI is InChI=1S/C24H22FN5O3/c1-16-6-8-17(9-7-16)23-26-22(33-28-23)15-29-10-12-30(13-11-29)24(31)20-14-21(32-27-20)18-4-2-3-5-19(18)25/h2-9,14H,10-13,15H2,1H3. The molecule has 0 aliphatic carbocycles. The molecule has 9 heteroatoms. The summed E-state index contributed by atoms with van der Waals surface area (Å²) in [6, 6.07) is 15.7. The maximum absolute atomic E-state index is 14.0. The van der Waals surface area contributed by atoms with Gasteiger partial charge in [-0.3, -0.25) is 9.69 Å². The number of rotatable bonds is 5. The van der Waals surface area contributed by atoms with Crippen molar-refractivity contribution in [1.82, 2.24) is 25.1 Å². The van der Waals surface area contributed by atoms with Crippen LogP contribution in [0.4, 0.5) is 4.39 Å². The lowest BCUT2D eigenvalue weighted by molar-refractivity contribution is 0.0605. The van der Waals surface area contributed by atoms with Crippen molar-refractivity contribution in [2.45, 2.75) is 13.5 Å². The smallest absolute Gasteiger partial charge is 0.276 e. The lowest BCUT2D eigenvalue weighted by Gasteiger charge is -2.33. The summed E-state index contributed by atoms with van der Waals surface area (Å²) in [5.74, 6) is 0.677. The molecular weight excluding hydrogens is 425 g/mol. The number of aromatic nitrogens is 3. The Bertz CT molecular complexity index is 1260. The van der Waals surface area contributed by atoms with E-state index in [9.17, 15) is 9.18 Å². The van der Waals surface area contributed by atoms with Crippen LogP contribution in [-0.2, 0) is 6.54 Å². The Hall–Kier alpha value is -3.85. The molecule has 0 bridgehead atoms. The van der Waals surface area contributed by atoms with Crippen LogP contribution in [0.25, 0.3) is 22.7 Å². The fourth-order valence-corrected chi connectivity index (χ4v) is 3.77. The van der Waals surface area contributed by atoms with E-state index in [1.165, 1.54) is 17.7 Å². The number of halogens is 1. The molecule has 0 radical (unpaired) electrons. The number of benzene rings is 2. The van der Waals surface area contributed by atoms with Crippen LogP contribution in [0.15, 0.2) is 63.6 Å². The molecule has 1 fully saturated rings. The highest BCUT2D eigenvalue weighted by molar-refractivity contribution is 5.93. The maximum Gasteiger partial charge on any atom is 0.276 e. The van der Waals surface area contributed by atoms with Crippen molar-refractivity contribution in [3.63, 3.8) is 0 Å². The molecule has 0 atom stereocenters. The minimum Gasteiger partial charge on any atom is -0.355 e. The topological polar surface area (TPSA) is 88.5 Å². The molecule has 0 unspecified atom stereocenters. The van der Waals surface area contributed by atoms with Gasteiger partial charge in [0.15, 0.2) is 11.5 Å². The van der Waals surface area contributed by atoms with Crippen molar-refractivity contribution in [1.29, 1.82) is 0 Å². The summed E-state index contributed by atoms with van der Waals surface area (Å²) >= 11 is 0. The van der Waals surface area contributed by atoms with E-state index < -0.39 is 5.82 Å². The molecule has 1 saturated heterocycles. The number of hydrogen-bond acceptors (Lipinski definition) is 7. The van der Waals surface area contributed by atoms with Gasteiger partial charge in [0.1, 0.15) is 5.82 Å². The van der Waals surface area contributed by atoms with Crippen LogP contribution < -0.4 is 0 Å². The van der Waals surface area contributed by atoms with Crippen LogP contribution in [-0.4, -0.2) is 57.2 Å². The van der Waals surface area contributed by atoms with Gasteiger partial charge in [-0.1, -0.05) is 52.3 Å². The third-order valence-electron chi connectivity index (χ3n) is 5.66. The van der Waals surface area contributed by atoms with E-state index in [4.69, 9.17) is 9.05 Å². The lowest BCUT2D eigenvalue weighted by atomic mass is 10.1. The molecule has 0 N–H and O–H groups in total. The summed E-state index contributed by atoms with van der Waals surface area (Å²) in [5, 5.41) is 7.93. The Labute approximate surface area is 189 Å². The first-order chi connectivity index (χ1) is 16.1. The third-order valence-corrected chi connectivity index (χ3v) is 5.66. The second-order valence-corrected chi connectivity index (χ2v) is 8.00.